The molecular formula is C12H21N3O2. The van der Waals surface area contributed by atoms with E-state index in [9.17, 15) is 4.79 Å². The number of carbonyl (C=O) groups is 1. The van der Waals surface area contributed by atoms with Crippen molar-refractivity contribution in [3.63, 3.8) is 0 Å². The van der Waals surface area contributed by atoms with Gasteiger partial charge in [-0.2, -0.15) is 5.26 Å². The number of ether oxygens (including phenoxy) is 1. The third-order valence-corrected chi connectivity index (χ3v) is 3.26. The van der Waals surface area contributed by atoms with E-state index in [4.69, 9.17) is 10.00 Å². The van der Waals surface area contributed by atoms with Crippen LogP contribution in [0.2, 0.25) is 0 Å². The van der Waals surface area contributed by atoms with Crippen LogP contribution < -0.4 is 5.32 Å². The molecule has 17 heavy (non-hydrogen) atoms. The number of amides is 1. The number of hydrogen-bond acceptors (Lipinski definition) is 4. The quantitative estimate of drug-likeness (QED) is 0.770. The van der Waals surface area contributed by atoms with E-state index in [1.165, 1.54) is 0 Å². The highest BCUT2D eigenvalue weighted by molar-refractivity contribution is 5.79. The van der Waals surface area contributed by atoms with Crippen molar-refractivity contribution < 1.29 is 9.53 Å². The molecule has 1 aliphatic heterocycles. The maximum Gasteiger partial charge on any atom is 0.235 e. The highest BCUT2D eigenvalue weighted by atomic mass is 16.5. The number of carbonyl (C=O) groups excluding carboxylic acids is 1. The van der Waals surface area contributed by atoms with Crippen LogP contribution in [-0.4, -0.2) is 49.2 Å². The van der Waals surface area contributed by atoms with Gasteiger partial charge in [0.1, 0.15) is 5.54 Å². The summed E-state index contributed by atoms with van der Waals surface area (Å²) >= 11 is 0. The molecule has 0 unspecified atom stereocenters. The summed E-state index contributed by atoms with van der Waals surface area (Å²) in [5, 5.41) is 11.9. The zero-order chi connectivity index (χ0) is 12.9. The molecule has 1 rings (SSSR count). The van der Waals surface area contributed by atoms with E-state index in [-0.39, 0.29) is 11.8 Å². The second-order valence-corrected chi connectivity index (χ2v) is 4.91. The standard InChI is InChI=1S/C12H21N3O2/c1-10(2)12(3,9-13)14-11(16)8-15-4-6-17-7-5-15/h10H,4-8H2,1-3H3,(H,14,16)/t12-/m1/s1. The fraction of sp³-hybridized carbons (Fsp3) is 0.833. The Kier molecular flexibility index (Phi) is 4.91. The van der Waals surface area contributed by atoms with Crippen molar-refractivity contribution in [2.45, 2.75) is 26.3 Å². The van der Waals surface area contributed by atoms with Gasteiger partial charge in [-0.25, -0.2) is 0 Å². The Morgan fingerprint density at radius 3 is 2.59 bits per heavy atom. The number of nitriles is 1. The Morgan fingerprint density at radius 2 is 2.12 bits per heavy atom. The molecule has 1 fully saturated rings. The van der Waals surface area contributed by atoms with E-state index >= 15 is 0 Å². The topological polar surface area (TPSA) is 65.4 Å². The van der Waals surface area contributed by atoms with Crippen LogP contribution in [0.5, 0.6) is 0 Å². The first-order valence-corrected chi connectivity index (χ1v) is 6.00. The van der Waals surface area contributed by atoms with E-state index in [2.05, 4.69) is 11.4 Å². The molecular weight excluding hydrogens is 218 g/mol. The van der Waals surface area contributed by atoms with Crippen molar-refractivity contribution >= 4 is 5.91 Å². The van der Waals surface area contributed by atoms with Gasteiger partial charge < -0.3 is 10.1 Å². The third-order valence-electron chi connectivity index (χ3n) is 3.26. The molecule has 1 aliphatic rings. The summed E-state index contributed by atoms with van der Waals surface area (Å²) in [6.45, 7) is 8.86. The van der Waals surface area contributed by atoms with Gasteiger partial charge in [0.15, 0.2) is 0 Å². The Labute approximate surface area is 103 Å². The second kappa shape index (κ2) is 5.99. The lowest BCUT2D eigenvalue weighted by Gasteiger charge is -2.30. The minimum Gasteiger partial charge on any atom is -0.379 e. The first-order chi connectivity index (χ1) is 7.98. The van der Waals surface area contributed by atoms with Gasteiger partial charge >= 0.3 is 0 Å². The minimum atomic E-state index is -0.788. The fourth-order valence-corrected chi connectivity index (χ4v) is 1.59. The van der Waals surface area contributed by atoms with E-state index < -0.39 is 5.54 Å². The van der Waals surface area contributed by atoms with Gasteiger partial charge in [0.25, 0.3) is 0 Å². The van der Waals surface area contributed by atoms with Crippen molar-refractivity contribution in [2.75, 3.05) is 32.8 Å². The summed E-state index contributed by atoms with van der Waals surface area (Å²) in [7, 11) is 0. The molecule has 1 saturated heterocycles. The van der Waals surface area contributed by atoms with Gasteiger partial charge in [0, 0.05) is 13.1 Å². The molecule has 0 aliphatic carbocycles. The van der Waals surface area contributed by atoms with Crippen molar-refractivity contribution in [3.05, 3.63) is 0 Å². The molecule has 0 spiro atoms. The molecule has 1 heterocycles. The summed E-state index contributed by atoms with van der Waals surface area (Å²) in [6.07, 6.45) is 0. The van der Waals surface area contributed by atoms with Crippen LogP contribution in [0.25, 0.3) is 0 Å². The predicted molar refractivity (Wildman–Crippen MR) is 64.3 cm³/mol. The van der Waals surface area contributed by atoms with Gasteiger partial charge in [-0.15, -0.1) is 0 Å². The van der Waals surface area contributed by atoms with E-state index in [1.54, 1.807) is 6.92 Å². The molecule has 5 nitrogen and oxygen atoms in total. The zero-order valence-electron chi connectivity index (χ0n) is 10.8. The lowest BCUT2D eigenvalue weighted by atomic mass is 9.90. The smallest absolute Gasteiger partial charge is 0.235 e. The molecule has 1 amide bonds. The van der Waals surface area contributed by atoms with E-state index in [1.807, 2.05) is 18.7 Å². The van der Waals surface area contributed by atoms with Gasteiger partial charge in [-0.05, 0) is 12.8 Å². The van der Waals surface area contributed by atoms with E-state index in [0.717, 1.165) is 13.1 Å². The van der Waals surface area contributed by atoms with Crippen molar-refractivity contribution in [3.8, 4) is 6.07 Å². The number of hydrogen-bond donors (Lipinski definition) is 1. The van der Waals surface area contributed by atoms with Crippen molar-refractivity contribution in [2.24, 2.45) is 5.92 Å². The highest BCUT2D eigenvalue weighted by Gasteiger charge is 2.30. The Bertz CT molecular complexity index is 305. The average molecular weight is 239 g/mol. The van der Waals surface area contributed by atoms with Gasteiger partial charge in [0.2, 0.25) is 5.91 Å². The van der Waals surface area contributed by atoms with Crippen LogP contribution in [0, 0.1) is 17.2 Å². The number of morpholine rings is 1. The largest absolute Gasteiger partial charge is 0.379 e. The predicted octanol–water partition coefficient (Wildman–Crippen LogP) is 0.373. The van der Waals surface area contributed by atoms with Crippen LogP contribution in [0.4, 0.5) is 0 Å². The Balaban J connectivity index is 2.45. The first kappa shape index (κ1) is 13.9. The van der Waals surface area contributed by atoms with Crippen LogP contribution in [0.15, 0.2) is 0 Å². The first-order valence-electron chi connectivity index (χ1n) is 6.00. The average Bonchev–Trinajstić information content (AvgIpc) is 2.29. The molecule has 0 aromatic carbocycles. The Morgan fingerprint density at radius 1 is 1.53 bits per heavy atom. The molecule has 0 aromatic rings. The van der Waals surface area contributed by atoms with Crippen molar-refractivity contribution in [1.82, 2.24) is 10.2 Å². The number of nitrogens with one attached hydrogen (secondary N) is 1. The molecule has 0 radical (unpaired) electrons. The molecule has 1 atom stereocenters. The SMILES string of the molecule is CC(C)[C@@](C)(C#N)NC(=O)CN1CCOCC1. The van der Waals surface area contributed by atoms with Crippen molar-refractivity contribution in [1.29, 1.82) is 5.26 Å². The number of nitrogens with zero attached hydrogens (tertiary/aromatic N) is 2. The van der Waals surface area contributed by atoms with Gasteiger partial charge in [0.05, 0.1) is 25.8 Å². The third kappa shape index (κ3) is 3.99. The maximum atomic E-state index is 11.8. The van der Waals surface area contributed by atoms with Crippen LogP contribution in [0.1, 0.15) is 20.8 Å². The lowest BCUT2D eigenvalue weighted by Crippen LogP contribution is -2.52. The summed E-state index contributed by atoms with van der Waals surface area (Å²) in [5.74, 6) is -0.00853. The van der Waals surface area contributed by atoms with E-state index in [0.29, 0.717) is 19.8 Å². The molecule has 5 heteroatoms. The van der Waals surface area contributed by atoms with Crippen LogP contribution >= 0.6 is 0 Å². The minimum absolute atomic E-state index is 0.0844. The molecule has 0 aromatic heterocycles. The zero-order valence-corrected chi connectivity index (χ0v) is 10.8. The molecule has 96 valence electrons. The van der Waals surface area contributed by atoms with Gasteiger partial charge in [-0.1, -0.05) is 13.8 Å². The van der Waals surface area contributed by atoms with Crippen LogP contribution in [-0.2, 0) is 9.53 Å². The van der Waals surface area contributed by atoms with Crippen LogP contribution in [0.3, 0.4) is 0 Å². The summed E-state index contributed by atoms with van der Waals surface area (Å²) in [6, 6.07) is 2.17. The second-order valence-electron chi connectivity index (χ2n) is 4.91. The maximum absolute atomic E-state index is 11.8. The van der Waals surface area contributed by atoms with Gasteiger partial charge in [-0.3, -0.25) is 9.69 Å². The Hall–Kier alpha value is -1.12. The summed E-state index contributed by atoms with van der Waals surface area (Å²) in [4.78, 5) is 13.9. The molecule has 0 bridgehead atoms. The molecule has 0 saturated carbocycles. The summed E-state index contributed by atoms with van der Waals surface area (Å²) in [5.41, 5.74) is -0.788. The number of rotatable bonds is 4. The lowest BCUT2D eigenvalue weighted by molar-refractivity contribution is -0.124. The summed E-state index contributed by atoms with van der Waals surface area (Å²) < 4.78 is 5.22. The normalized spacial score (nSPS) is 20.6. The fourth-order valence-electron chi connectivity index (χ4n) is 1.59. The monoisotopic (exact) mass is 239 g/mol. The molecule has 1 N–H and O–H groups in total. The highest BCUT2D eigenvalue weighted by Crippen LogP contribution is 2.14.